The maximum Gasteiger partial charge on any atom is 0.243 e. The average molecular weight is 298 g/mol. The van der Waals surface area contributed by atoms with Gasteiger partial charge in [-0.25, -0.2) is 8.42 Å². The van der Waals surface area contributed by atoms with Gasteiger partial charge in [-0.05, 0) is 55.9 Å². The predicted octanol–water partition coefficient (Wildman–Crippen LogP) is 1.28. The van der Waals surface area contributed by atoms with Gasteiger partial charge in [0.15, 0.2) is 0 Å². The molecule has 6 heteroatoms. The molecule has 1 atom stereocenters. The fraction of sp³-hybridized carbons (Fsp3) is 0.571. The van der Waals surface area contributed by atoms with Crippen molar-refractivity contribution in [2.45, 2.75) is 31.6 Å². The number of aliphatic hydroxyl groups excluding tert-OH is 1. The zero-order valence-electron chi connectivity index (χ0n) is 12.0. The van der Waals surface area contributed by atoms with Crippen molar-refractivity contribution in [2.75, 3.05) is 25.4 Å². The highest BCUT2D eigenvalue weighted by Crippen LogP contribution is 2.28. The molecule has 0 amide bonds. The number of sulfonamides is 1. The summed E-state index contributed by atoms with van der Waals surface area (Å²) in [6.07, 6.45) is 1.46. The molecule has 3 N–H and O–H groups in total. The van der Waals surface area contributed by atoms with Crippen LogP contribution in [0.25, 0.3) is 0 Å². The lowest BCUT2D eigenvalue weighted by molar-refractivity contribution is 0.259. The summed E-state index contributed by atoms with van der Waals surface area (Å²) in [6.45, 7) is 4.85. The average Bonchev–Trinajstić information content (AvgIpc) is 2.85. The van der Waals surface area contributed by atoms with Crippen LogP contribution in [0.1, 0.15) is 24.0 Å². The minimum absolute atomic E-state index is 0.106. The lowest BCUT2D eigenvalue weighted by Gasteiger charge is -2.18. The first kappa shape index (κ1) is 15.3. The smallest absolute Gasteiger partial charge is 0.243 e. The van der Waals surface area contributed by atoms with Gasteiger partial charge in [0, 0.05) is 25.4 Å². The van der Waals surface area contributed by atoms with E-state index in [1.165, 1.54) is 10.4 Å². The fourth-order valence-corrected chi connectivity index (χ4v) is 4.24. The summed E-state index contributed by atoms with van der Waals surface area (Å²) in [4.78, 5) is 0.266. The standard InChI is InChI=1S/C14H22N2O3S/c1-10-7-13(8-14(15)11(10)2)20(18,19)16-5-3-12(9-16)4-6-17/h7-8,12,17H,3-6,9,15H2,1-2H3. The molecule has 1 aromatic rings. The predicted molar refractivity (Wildman–Crippen MR) is 78.9 cm³/mol. The van der Waals surface area contributed by atoms with Crippen molar-refractivity contribution in [3.8, 4) is 0 Å². The van der Waals surface area contributed by atoms with Crippen LogP contribution in [-0.2, 0) is 10.0 Å². The third-order valence-corrected chi connectivity index (χ3v) is 5.95. The van der Waals surface area contributed by atoms with Gasteiger partial charge in [-0.2, -0.15) is 4.31 Å². The number of hydrogen-bond acceptors (Lipinski definition) is 4. The van der Waals surface area contributed by atoms with E-state index >= 15 is 0 Å². The van der Waals surface area contributed by atoms with E-state index in [0.717, 1.165) is 17.5 Å². The summed E-state index contributed by atoms with van der Waals surface area (Å²) in [5.74, 6) is 0.249. The third kappa shape index (κ3) is 2.82. The topological polar surface area (TPSA) is 83.6 Å². The van der Waals surface area contributed by atoms with Crippen LogP contribution in [0.5, 0.6) is 0 Å². The number of rotatable bonds is 4. The molecular weight excluding hydrogens is 276 g/mol. The van der Waals surface area contributed by atoms with E-state index < -0.39 is 10.0 Å². The highest BCUT2D eigenvalue weighted by Gasteiger charge is 2.32. The first-order valence-electron chi connectivity index (χ1n) is 6.84. The Hall–Kier alpha value is -1.11. The summed E-state index contributed by atoms with van der Waals surface area (Å²) >= 11 is 0. The molecule has 1 fully saturated rings. The zero-order valence-corrected chi connectivity index (χ0v) is 12.8. The van der Waals surface area contributed by atoms with Crippen molar-refractivity contribution in [3.05, 3.63) is 23.3 Å². The van der Waals surface area contributed by atoms with Crippen LogP contribution >= 0.6 is 0 Å². The Morgan fingerprint density at radius 2 is 2.10 bits per heavy atom. The highest BCUT2D eigenvalue weighted by atomic mass is 32.2. The van der Waals surface area contributed by atoms with Crippen LogP contribution < -0.4 is 5.73 Å². The quantitative estimate of drug-likeness (QED) is 0.820. The first-order chi connectivity index (χ1) is 9.36. The van der Waals surface area contributed by atoms with Crippen LogP contribution in [0, 0.1) is 19.8 Å². The Kier molecular flexibility index (Phi) is 4.36. The number of aryl methyl sites for hydroxylation is 1. The molecule has 1 aromatic carbocycles. The van der Waals surface area contributed by atoms with Gasteiger partial charge in [-0.3, -0.25) is 0 Å². The van der Waals surface area contributed by atoms with Gasteiger partial charge in [0.2, 0.25) is 10.0 Å². The molecule has 0 saturated carbocycles. The molecule has 5 nitrogen and oxygen atoms in total. The van der Waals surface area contributed by atoms with E-state index in [-0.39, 0.29) is 17.4 Å². The van der Waals surface area contributed by atoms with E-state index in [0.29, 0.717) is 25.2 Å². The van der Waals surface area contributed by atoms with Gasteiger partial charge in [0.05, 0.1) is 4.90 Å². The minimum atomic E-state index is -3.48. The Labute approximate surface area is 120 Å². The molecule has 1 aliphatic heterocycles. The summed E-state index contributed by atoms with van der Waals surface area (Å²) in [6, 6.07) is 3.22. The molecule has 1 aliphatic rings. The Morgan fingerprint density at radius 3 is 2.70 bits per heavy atom. The van der Waals surface area contributed by atoms with Gasteiger partial charge < -0.3 is 10.8 Å². The lowest BCUT2D eigenvalue weighted by atomic mass is 10.1. The molecule has 112 valence electrons. The molecule has 0 spiro atoms. The van der Waals surface area contributed by atoms with Gasteiger partial charge in [0.1, 0.15) is 0 Å². The van der Waals surface area contributed by atoms with Gasteiger partial charge in [-0.15, -0.1) is 0 Å². The van der Waals surface area contributed by atoms with Gasteiger partial charge in [0.25, 0.3) is 0 Å². The number of benzene rings is 1. The summed E-state index contributed by atoms with van der Waals surface area (Å²) < 4.78 is 26.7. The number of nitrogens with two attached hydrogens (primary N) is 1. The van der Waals surface area contributed by atoms with Crippen LogP contribution in [0.2, 0.25) is 0 Å². The molecule has 2 rings (SSSR count). The van der Waals surface area contributed by atoms with Gasteiger partial charge >= 0.3 is 0 Å². The number of hydrogen-bond donors (Lipinski definition) is 2. The summed E-state index contributed by atoms with van der Waals surface area (Å²) in [7, 11) is -3.48. The van der Waals surface area contributed by atoms with Crippen LogP contribution in [0.15, 0.2) is 17.0 Å². The van der Waals surface area contributed by atoms with E-state index in [4.69, 9.17) is 10.8 Å². The molecule has 20 heavy (non-hydrogen) atoms. The monoisotopic (exact) mass is 298 g/mol. The Balaban J connectivity index is 2.28. The second-order valence-corrected chi connectivity index (χ2v) is 7.42. The van der Waals surface area contributed by atoms with Crippen LogP contribution in [0.4, 0.5) is 5.69 Å². The molecule has 1 heterocycles. The van der Waals surface area contributed by atoms with Crippen molar-refractivity contribution < 1.29 is 13.5 Å². The molecule has 0 radical (unpaired) electrons. The molecule has 1 unspecified atom stereocenters. The lowest BCUT2D eigenvalue weighted by Crippen LogP contribution is -2.29. The third-order valence-electron chi connectivity index (χ3n) is 4.10. The van der Waals surface area contributed by atoms with Crippen molar-refractivity contribution >= 4 is 15.7 Å². The molecular formula is C14H22N2O3S. The maximum atomic E-state index is 12.6. The van der Waals surface area contributed by atoms with Crippen molar-refractivity contribution in [2.24, 2.45) is 5.92 Å². The zero-order chi connectivity index (χ0) is 14.9. The maximum absolute atomic E-state index is 12.6. The van der Waals surface area contributed by atoms with E-state index in [2.05, 4.69) is 0 Å². The van der Waals surface area contributed by atoms with Crippen molar-refractivity contribution in [1.82, 2.24) is 4.31 Å². The second kappa shape index (κ2) is 5.71. The largest absolute Gasteiger partial charge is 0.398 e. The molecule has 0 aromatic heterocycles. The van der Waals surface area contributed by atoms with Crippen molar-refractivity contribution in [3.63, 3.8) is 0 Å². The minimum Gasteiger partial charge on any atom is -0.398 e. The van der Waals surface area contributed by atoms with E-state index in [1.54, 1.807) is 6.07 Å². The van der Waals surface area contributed by atoms with E-state index in [9.17, 15) is 8.42 Å². The Morgan fingerprint density at radius 1 is 1.40 bits per heavy atom. The molecule has 0 aliphatic carbocycles. The molecule has 1 saturated heterocycles. The number of nitrogen functional groups attached to an aromatic ring is 1. The fourth-order valence-electron chi connectivity index (χ4n) is 2.58. The normalized spacial score (nSPS) is 20.4. The Bertz CT molecular complexity index is 575. The summed E-state index contributed by atoms with van der Waals surface area (Å²) in [5, 5.41) is 8.95. The van der Waals surface area contributed by atoms with Crippen molar-refractivity contribution in [1.29, 1.82) is 0 Å². The van der Waals surface area contributed by atoms with Crippen LogP contribution in [0.3, 0.4) is 0 Å². The van der Waals surface area contributed by atoms with E-state index in [1.807, 2.05) is 13.8 Å². The van der Waals surface area contributed by atoms with Gasteiger partial charge in [-0.1, -0.05) is 0 Å². The number of anilines is 1. The second-order valence-electron chi connectivity index (χ2n) is 5.48. The number of nitrogens with zero attached hydrogens (tertiary/aromatic N) is 1. The SMILES string of the molecule is Cc1cc(S(=O)(=O)N2CCC(CCO)C2)cc(N)c1C. The molecule has 0 bridgehead atoms. The number of aliphatic hydroxyl groups is 1. The first-order valence-corrected chi connectivity index (χ1v) is 8.28. The van der Waals surface area contributed by atoms with Crippen LogP contribution in [-0.4, -0.2) is 37.5 Å². The highest BCUT2D eigenvalue weighted by molar-refractivity contribution is 7.89. The summed E-state index contributed by atoms with van der Waals surface area (Å²) in [5.41, 5.74) is 8.19.